The zero-order valence-electron chi connectivity index (χ0n) is 19.4. The van der Waals surface area contributed by atoms with Gasteiger partial charge in [-0.05, 0) is 39.2 Å². The largest absolute Gasteiger partial charge is 0.482 e. The molecule has 1 heterocycles. The number of carbonyl (C=O) groups excluding carboxylic acids is 1. The predicted octanol–water partition coefficient (Wildman–Crippen LogP) is 4.71. The Morgan fingerprint density at radius 2 is 1.91 bits per heavy atom. The van der Waals surface area contributed by atoms with Crippen LogP contribution in [0.1, 0.15) is 70.3 Å². The van der Waals surface area contributed by atoms with Gasteiger partial charge in [0.2, 0.25) is 11.2 Å². The van der Waals surface area contributed by atoms with E-state index < -0.39 is 23.2 Å². The fourth-order valence-electron chi connectivity index (χ4n) is 3.94. The summed E-state index contributed by atoms with van der Waals surface area (Å²) in [6.07, 6.45) is 4.92. The molecule has 0 spiro atoms. The summed E-state index contributed by atoms with van der Waals surface area (Å²) in [5, 5.41) is 15.5. The number of ether oxygens (including phenoxy) is 2. The minimum atomic E-state index is -1.18. The fourth-order valence-corrected chi connectivity index (χ4v) is 3.94. The molecule has 1 aliphatic rings. The van der Waals surface area contributed by atoms with Gasteiger partial charge in [-0.2, -0.15) is 5.10 Å². The number of amides is 1. The Bertz CT molecular complexity index is 1000. The summed E-state index contributed by atoms with van der Waals surface area (Å²) in [6, 6.07) is 10.7. The van der Waals surface area contributed by atoms with Gasteiger partial charge in [0.1, 0.15) is 18.3 Å². The highest BCUT2D eigenvalue weighted by Gasteiger charge is 2.42. The minimum Gasteiger partial charge on any atom is -0.482 e. The van der Waals surface area contributed by atoms with Crippen LogP contribution in [0.3, 0.4) is 0 Å². The molecule has 33 heavy (non-hydrogen) atoms. The quantitative estimate of drug-likeness (QED) is 0.461. The van der Waals surface area contributed by atoms with Crippen molar-refractivity contribution in [2.24, 2.45) is 10.5 Å². The van der Waals surface area contributed by atoms with Gasteiger partial charge < -0.3 is 19.0 Å². The lowest BCUT2D eigenvalue weighted by Crippen LogP contribution is -2.36. The van der Waals surface area contributed by atoms with E-state index in [9.17, 15) is 14.7 Å². The number of aliphatic hydroxyl groups excluding tert-OH is 1. The second-order valence-corrected chi connectivity index (χ2v) is 9.32. The van der Waals surface area contributed by atoms with Gasteiger partial charge in [-0.25, -0.2) is 10.2 Å². The van der Waals surface area contributed by atoms with Gasteiger partial charge in [-0.1, -0.05) is 49.6 Å². The van der Waals surface area contributed by atoms with E-state index in [-0.39, 0.29) is 23.5 Å². The average Bonchev–Trinajstić information content (AvgIpc) is 2.78. The minimum absolute atomic E-state index is 0.0210. The van der Waals surface area contributed by atoms with Gasteiger partial charge in [-0.15, -0.1) is 0 Å². The molecule has 1 aromatic heterocycles. The van der Waals surface area contributed by atoms with E-state index >= 15 is 0 Å². The highest BCUT2D eigenvalue weighted by molar-refractivity contribution is 5.72. The van der Waals surface area contributed by atoms with Crippen molar-refractivity contribution in [3.63, 3.8) is 0 Å². The Morgan fingerprint density at radius 3 is 2.58 bits per heavy atom. The van der Waals surface area contributed by atoms with Crippen LogP contribution in [-0.4, -0.2) is 23.0 Å². The van der Waals surface area contributed by atoms with Crippen molar-refractivity contribution in [2.75, 3.05) is 0 Å². The maximum Gasteiger partial charge on any atom is 0.428 e. The third-order valence-electron chi connectivity index (χ3n) is 5.54. The topological polar surface area (TPSA) is 110 Å². The van der Waals surface area contributed by atoms with E-state index in [0.29, 0.717) is 12.8 Å². The number of aliphatic hydroxyl groups is 1. The molecule has 3 rings (SSSR count). The van der Waals surface area contributed by atoms with Crippen LogP contribution in [-0.2, 0) is 11.3 Å². The molecule has 178 valence electrons. The maximum absolute atomic E-state index is 12.6. The molecule has 0 aliphatic heterocycles. The number of hydrazone groups is 1. The van der Waals surface area contributed by atoms with Crippen LogP contribution in [0.15, 0.2) is 57.0 Å². The van der Waals surface area contributed by atoms with E-state index in [1.165, 1.54) is 18.5 Å². The van der Waals surface area contributed by atoms with E-state index in [1.54, 1.807) is 20.8 Å². The molecule has 8 heteroatoms. The number of carbonyl (C=O) groups is 1. The normalized spacial score (nSPS) is 16.8. The second kappa shape index (κ2) is 10.7. The zero-order valence-corrected chi connectivity index (χ0v) is 19.4. The third-order valence-corrected chi connectivity index (χ3v) is 5.54. The molecule has 1 aliphatic carbocycles. The van der Waals surface area contributed by atoms with Gasteiger partial charge in [0.05, 0.1) is 6.26 Å². The maximum atomic E-state index is 12.6. The van der Waals surface area contributed by atoms with Crippen LogP contribution in [0.5, 0.6) is 5.75 Å². The summed E-state index contributed by atoms with van der Waals surface area (Å²) in [6.45, 7) is 5.45. The molecule has 0 saturated heterocycles. The van der Waals surface area contributed by atoms with Crippen molar-refractivity contribution in [2.45, 2.75) is 71.2 Å². The highest BCUT2D eigenvalue weighted by Crippen LogP contribution is 2.46. The summed E-state index contributed by atoms with van der Waals surface area (Å²) >= 11 is 0. The Hall–Kier alpha value is -3.13. The zero-order chi connectivity index (χ0) is 23.9. The first-order valence-electron chi connectivity index (χ1n) is 11.2. The molecule has 1 atom stereocenters. The molecule has 8 nitrogen and oxygen atoms in total. The van der Waals surface area contributed by atoms with Crippen LogP contribution in [0.4, 0.5) is 4.79 Å². The van der Waals surface area contributed by atoms with Crippen LogP contribution < -0.4 is 15.6 Å². The molecule has 1 aromatic carbocycles. The third kappa shape index (κ3) is 6.68. The van der Waals surface area contributed by atoms with Crippen LogP contribution >= 0.6 is 0 Å². The lowest BCUT2D eigenvalue weighted by atomic mass is 9.70. The van der Waals surface area contributed by atoms with Gasteiger partial charge in [0, 0.05) is 17.7 Å². The second-order valence-electron chi connectivity index (χ2n) is 9.32. The van der Waals surface area contributed by atoms with Gasteiger partial charge in [-0.3, -0.25) is 4.79 Å². The van der Waals surface area contributed by atoms with E-state index in [1.807, 2.05) is 30.3 Å². The standard InChI is InChI=1S/C25H32N2O6/c1-24(2,3)33-23(30)27-26-17-25(13-8-5-9-14-25)22(29)21-20(19(28)12-15-31-21)32-16-18-10-6-4-7-11-18/h4,6-7,10-12,15,17,22,29H,5,8-9,13-14,16H2,1-3H3,(H,27,30)/b26-17-. The lowest BCUT2D eigenvalue weighted by molar-refractivity contribution is 0.0253. The first kappa shape index (κ1) is 24.5. The van der Waals surface area contributed by atoms with Crippen LogP contribution in [0.2, 0.25) is 0 Å². The first-order valence-corrected chi connectivity index (χ1v) is 11.2. The number of nitrogens with zero attached hydrogens (tertiary/aromatic N) is 1. The summed E-state index contributed by atoms with van der Waals surface area (Å²) in [7, 11) is 0. The molecular formula is C25H32N2O6. The summed E-state index contributed by atoms with van der Waals surface area (Å²) in [5.41, 5.74) is 1.40. The van der Waals surface area contributed by atoms with Crippen LogP contribution in [0.25, 0.3) is 0 Å². The van der Waals surface area contributed by atoms with Crippen molar-refractivity contribution in [3.05, 3.63) is 64.2 Å². The summed E-state index contributed by atoms with van der Waals surface area (Å²) in [4.78, 5) is 24.6. The van der Waals surface area contributed by atoms with Crippen molar-refractivity contribution in [1.82, 2.24) is 5.43 Å². The molecule has 0 bridgehead atoms. The van der Waals surface area contributed by atoms with Gasteiger partial charge in [0.15, 0.2) is 5.76 Å². The Balaban J connectivity index is 1.84. The molecule has 1 saturated carbocycles. The molecular weight excluding hydrogens is 424 g/mol. The molecule has 0 radical (unpaired) electrons. The number of hydrogen-bond donors (Lipinski definition) is 2. The Morgan fingerprint density at radius 1 is 1.21 bits per heavy atom. The van der Waals surface area contributed by atoms with Gasteiger partial charge in [0.25, 0.3) is 0 Å². The molecule has 1 fully saturated rings. The number of nitrogens with one attached hydrogen (secondary N) is 1. The van der Waals surface area contributed by atoms with Crippen molar-refractivity contribution < 1.29 is 23.8 Å². The smallest absolute Gasteiger partial charge is 0.428 e. The average molecular weight is 457 g/mol. The number of benzene rings is 1. The Kier molecular flexibility index (Phi) is 7.92. The first-order chi connectivity index (χ1) is 15.7. The molecule has 1 amide bonds. The summed E-state index contributed by atoms with van der Waals surface area (Å²) in [5.74, 6) is 0.0383. The SMILES string of the molecule is CC(C)(C)OC(=O)N/N=C\C1(C(O)c2occc(=O)c2OCc2ccccc2)CCCCC1. The number of rotatable bonds is 7. The van der Waals surface area contributed by atoms with Crippen molar-refractivity contribution in [3.8, 4) is 5.75 Å². The summed E-state index contributed by atoms with van der Waals surface area (Å²) < 4.78 is 16.6. The fraction of sp³-hybridized carbons (Fsp3) is 0.480. The van der Waals surface area contributed by atoms with E-state index in [0.717, 1.165) is 24.8 Å². The predicted molar refractivity (Wildman–Crippen MR) is 124 cm³/mol. The molecule has 1 unspecified atom stereocenters. The highest BCUT2D eigenvalue weighted by atomic mass is 16.6. The van der Waals surface area contributed by atoms with Crippen LogP contribution in [0, 0.1) is 5.41 Å². The monoisotopic (exact) mass is 456 g/mol. The lowest BCUT2D eigenvalue weighted by Gasteiger charge is -2.37. The number of hydrogen-bond acceptors (Lipinski definition) is 7. The Labute approximate surface area is 193 Å². The van der Waals surface area contributed by atoms with E-state index in [4.69, 9.17) is 13.9 Å². The van der Waals surface area contributed by atoms with E-state index in [2.05, 4.69) is 10.5 Å². The van der Waals surface area contributed by atoms with Gasteiger partial charge >= 0.3 is 6.09 Å². The molecule has 2 aromatic rings. The van der Waals surface area contributed by atoms with Crippen molar-refractivity contribution >= 4 is 12.3 Å². The molecule has 2 N–H and O–H groups in total. The van der Waals surface area contributed by atoms with Crippen molar-refractivity contribution in [1.29, 1.82) is 0 Å².